The summed E-state index contributed by atoms with van der Waals surface area (Å²) in [5.41, 5.74) is 0.807. The fourth-order valence-corrected chi connectivity index (χ4v) is 12.0. The maximum absolute atomic E-state index is 14.2. The first-order valence-corrected chi connectivity index (χ1v) is 29.4. The van der Waals surface area contributed by atoms with Gasteiger partial charge in [-0.1, -0.05) is 69.7 Å². The second-order valence-electron chi connectivity index (χ2n) is 21.3. The predicted molar refractivity (Wildman–Crippen MR) is 276 cm³/mol. The molecule has 1 amide bonds. The zero-order valence-electron chi connectivity index (χ0n) is 45.0. The number of Topliss-reactive ketones (excluding diaryl/α,β-unsaturated/α-hetero) is 3. The average Bonchev–Trinajstić information content (AvgIpc) is 4.16. The molecule has 2 aliphatic heterocycles. The summed E-state index contributed by atoms with van der Waals surface area (Å²) >= 11 is 0. The number of carbonyl (C=O) groups is 5. The molecular weight excluding hydrogens is 1000 g/mol. The van der Waals surface area contributed by atoms with Crippen LogP contribution in [0.5, 0.6) is 0 Å². The normalized spacial score (nSPS) is 36.5. The van der Waals surface area contributed by atoms with Crippen molar-refractivity contribution in [2.45, 2.75) is 193 Å². The average molecular weight is 1090 g/mol. The van der Waals surface area contributed by atoms with Gasteiger partial charge in [-0.15, -0.1) is 0 Å². The Morgan fingerprint density at radius 3 is 2.19 bits per heavy atom. The number of likely N-dealkylation sites (N-methyl/N-ethyl adjacent to an activating group) is 1. The van der Waals surface area contributed by atoms with Gasteiger partial charge < -0.3 is 38.8 Å². The van der Waals surface area contributed by atoms with Gasteiger partial charge in [0, 0.05) is 51.5 Å². The van der Waals surface area contributed by atoms with E-state index in [1.807, 2.05) is 13.0 Å². The molecular formula is C53H84N2O17S2. The van der Waals surface area contributed by atoms with Crippen LogP contribution >= 0.6 is 0 Å². The summed E-state index contributed by atoms with van der Waals surface area (Å²) < 4.78 is 90.9. The molecule has 2 bridgehead atoms. The van der Waals surface area contributed by atoms with Gasteiger partial charge >= 0.3 is 5.97 Å². The van der Waals surface area contributed by atoms with Crippen molar-refractivity contribution in [3.05, 3.63) is 47.6 Å². The number of nitrogens with one attached hydrogen (secondary N) is 1. The van der Waals surface area contributed by atoms with E-state index in [1.54, 1.807) is 65.2 Å². The molecule has 4 rings (SSSR count). The summed E-state index contributed by atoms with van der Waals surface area (Å²) in [6.07, 6.45) is 11.1. The SMILES string of the molecule is COC1C(=O)C(C)CC\C=C/C=C\C=C(\C)C(NS(=O)(=O)CCCS(=O)(=O)O)C[C@H]2CC[C@H](C)[C@](O)(O2)C(=O)C(=O)N(C)C(C)C(=O)OC([C@H](C)C[C@@H]2CC[C@@H](OC3CC3)[C@H](OC)C2)CC(=O)C(C)/C=C(/C)C1O. The van der Waals surface area contributed by atoms with E-state index >= 15 is 0 Å². The molecule has 0 radical (unpaired) electrons. The number of sulfonamides is 1. The standard InChI is InChI=1S/C53H84N2O17S2/c1-32-17-14-12-11-13-15-18-33(2)47(57)49(69-10)48(58)36(5)27-34(3)43(56)31-45(35(4)28-39-20-24-44(46(29-39)68-9)70-40-22-23-40)71-52(61)38(7)55(8)51(60)50(59)53(62)37(6)19-21-41(72-53)30-42(32)54-73(63,64)25-16-26-74(65,66)67/h11-14,17,27,33-35,37-42,44-46,48-49,54,58,62H,15-16,18-26,28-31H2,1-10H3,(H,65,66,67)/b13-11-,14-12-,32-17-,36-27-/t33?,34?,35-,37+,38?,39+,41-,42?,44-,45?,46-,48?,49?,53+/m1/s1. The molecule has 0 aromatic carbocycles. The molecule has 2 aliphatic carbocycles. The van der Waals surface area contributed by atoms with Gasteiger partial charge in [0.15, 0.2) is 5.78 Å². The number of ketones is 3. The second-order valence-corrected chi connectivity index (χ2v) is 24.7. The highest BCUT2D eigenvalue weighted by molar-refractivity contribution is 7.89. The van der Waals surface area contributed by atoms with Crippen molar-refractivity contribution in [3.8, 4) is 0 Å². The molecule has 0 aromatic heterocycles. The minimum Gasteiger partial charge on any atom is -0.460 e. The number of allylic oxidation sites excluding steroid dienone is 6. The highest BCUT2D eigenvalue weighted by atomic mass is 32.2. The second kappa shape index (κ2) is 28.2. The number of amides is 1. The molecule has 14 atom stereocenters. The molecule has 2 heterocycles. The number of cyclic esters (lactones) is 1. The van der Waals surface area contributed by atoms with Gasteiger partial charge in [-0.2, -0.15) is 8.42 Å². The molecule has 420 valence electrons. The van der Waals surface area contributed by atoms with E-state index in [4.69, 9.17) is 23.7 Å². The number of fused-ring (bicyclic) bond motifs is 2. The van der Waals surface area contributed by atoms with E-state index in [1.165, 1.54) is 28.0 Å². The van der Waals surface area contributed by atoms with E-state index in [0.717, 1.165) is 30.6 Å². The number of esters is 1. The van der Waals surface area contributed by atoms with E-state index in [9.17, 15) is 55.6 Å². The van der Waals surface area contributed by atoms with Gasteiger partial charge in [-0.3, -0.25) is 23.7 Å². The Hall–Kier alpha value is -3.51. The van der Waals surface area contributed by atoms with Crippen LogP contribution in [0, 0.1) is 29.6 Å². The molecule has 74 heavy (non-hydrogen) atoms. The third kappa shape index (κ3) is 18.6. The Labute approximate surface area is 439 Å². The fraction of sp³-hybridized carbons (Fsp3) is 0.755. The van der Waals surface area contributed by atoms with Crippen molar-refractivity contribution >= 4 is 49.4 Å². The maximum atomic E-state index is 14.2. The Morgan fingerprint density at radius 1 is 0.865 bits per heavy atom. The first kappa shape index (κ1) is 63.0. The van der Waals surface area contributed by atoms with Crippen LogP contribution < -0.4 is 4.72 Å². The summed E-state index contributed by atoms with van der Waals surface area (Å²) in [7, 11) is -4.43. The van der Waals surface area contributed by atoms with Crippen molar-refractivity contribution in [1.82, 2.24) is 9.62 Å². The van der Waals surface area contributed by atoms with Crippen molar-refractivity contribution < 1.29 is 79.3 Å². The van der Waals surface area contributed by atoms with Crippen molar-refractivity contribution in [3.63, 3.8) is 0 Å². The zero-order chi connectivity index (χ0) is 55.3. The van der Waals surface area contributed by atoms with Gasteiger partial charge in [0.1, 0.15) is 30.1 Å². The number of carbonyl (C=O) groups excluding carboxylic acids is 5. The lowest BCUT2D eigenvalue weighted by Gasteiger charge is -2.42. The highest BCUT2D eigenvalue weighted by Gasteiger charge is 2.52. The first-order chi connectivity index (χ1) is 34.6. The highest BCUT2D eigenvalue weighted by Crippen LogP contribution is 2.39. The van der Waals surface area contributed by atoms with Gasteiger partial charge in [0.25, 0.3) is 21.8 Å². The minimum atomic E-state index is -4.44. The number of hydrogen-bond acceptors (Lipinski definition) is 16. The molecule has 2 saturated carbocycles. The maximum Gasteiger partial charge on any atom is 0.328 e. The molecule has 1 saturated heterocycles. The summed E-state index contributed by atoms with van der Waals surface area (Å²) in [5.74, 6) is -10.8. The fourth-order valence-electron chi connectivity index (χ4n) is 9.93. The molecule has 21 heteroatoms. The lowest BCUT2D eigenvalue weighted by atomic mass is 9.78. The molecule has 3 fully saturated rings. The quantitative estimate of drug-likeness (QED) is 0.0804. The van der Waals surface area contributed by atoms with Crippen LogP contribution in [0.15, 0.2) is 47.6 Å². The molecule has 4 aliphatic rings. The van der Waals surface area contributed by atoms with Crippen LogP contribution in [0.4, 0.5) is 0 Å². The Balaban J connectivity index is 1.68. The molecule has 4 N–H and O–H groups in total. The molecule has 0 spiro atoms. The molecule has 7 unspecified atom stereocenters. The van der Waals surface area contributed by atoms with Crippen molar-refractivity contribution in [2.24, 2.45) is 29.6 Å². The molecule has 0 aromatic rings. The van der Waals surface area contributed by atoms with Crippen molar-refractivity contribution in [2.75, 3.05) is 32.8 Å². The number of aliphatic hydroxyl groups is 2. The van der Waals surface area contributed by atoms with Gasteiger partial charge in [-0.25, -0.2) is 17.9 Å². The van der Waals surface area contributed by atoms with Crippen LogP contribution in [-0.4, -0.2) is 159 Å². The van der Waals surface area contributed by atoms with Gasteiger partial charge in [0.2, 0.25) is 15.8 Å². The Morgan fingerprint density at radius 2 is 1.55 bits per heavy atom. The van der Waals surface area contributed by atoms with Crippen LogP contribution in [-0.2, 0) is 67.8 Å². The van der Waals surface area contributed by atoms with E-state index < -0.39 is 116 Å². The number of methoxy groups -OCH3 is 2. The summed E-state index contributed by atoms with van der Waals surface area (Å²) in [6.45, 7) is 11.4. The van der Waals surface area contributed by atoms with Crippen LogP contribution in [0.2, 0.25) is 0 Å². The van der Waals surface area contributed by atoms with E-state index in [-0.39, 0.29) is 67.4 Å². The summed E-state index contributed by atoms with van der Waals surface area (Å²) in [6, 6.07) is -2.41. The van der Waals surface area contributed by atoms with E-state index in [2.05, 4.69) is 4.72 Å². The van der Waals surface area contributed by atoms with E-state index in [0.29, 0.717) is 36.8 Å². The minimum absolute atomic E-state index is 0.0302. The lowest BCUT2D eigenvalue weighted by molar-refractivity contribution is -0.263. The van der Waals surface area contributed by atoms with Crippen LogP contribution in [0.3, 0.4) is 0 Å². The van der Waals surface area contributed by atoms with Crippen LogP contribution in [0.1, 0.15) is 132 Å². The monoisotopic (exact) mass is 1080 g/mol. The summed E-state index contributed by atoms with van der Waals surface area (Å²) in [5, 5.41) is 23.4. The topological polar surface area (TPSA) is 276 Å². The predicted octanol–water partition coefficient (Wildman–Crippen LogP) is 5.14. The number of hydrogen-bond donors (Lipinski definition) is 4. The van der Waals surface area contributed by atoms with Crippen LogP contribution in [0.25, 0.3) is 0 Å². The van der Waals surface area contributed by atoms with Gasteiger partial charge in [0.05, 0.1) is 35.9 Å². The van der Waals surface area contributed by atoms with Gasteiger partial charge in [-0.05, 0) is 115 Å². The number of nitrogens with zero attached hydrogens (tertiary/aromatic N) is 1. The zero-order valence-corrected chi connectivity index (χ0v) is 46.6. The first-order valence-electron chi connectivity index (χ1n) is 26.1. The lowest BCUT2D eigenvalue weighted by Crippen LogP contribution is -2.59. The number of aliphatic hydroxyl groups excluding tert-OH is 1. The Kier molecular flexibility index (Phi) is 24.0. The summed E-state index contributed by atoms with van der Waals surface area (Å²) in [4.78, 5) is 71.0. The largest absolute Gasteiger partial charge is 0.460 e. The number of ether oxygens (including phenoxy) is 5. The van der Waals surface area contributed by atoms with Crippen molar-refractivity contribution in [1.29, 1.82) is 0 Å². The molecule has 19 nitrogen and oxygen atoms in total. The Bertz CT molecular complexity index is 2290. The smallest absolute Gasteiger partial charge is 0.328 e. The third-order valence-corrected chi connectivity index (χ3v) is 17.5. The third-order valence-electron chi connectivity index (χ3n) is 15.2. The number of rotatable bonds is 13.